The summed E-state index contributed by atoms with van der Waals surface area (Å²) in [6.45, 7) is 4.00. The Morgan fingerprint density at radius 2 is 1.88 bits per heavy atom. The highest BCUT2D eigenvalue weighted by atomic mass is 19.4. The zero-order valence-electron chi connectivity index (χ0n) is 9.75. The van der Waals surface area contributed by atoms with Crippen molar-refractivity contribution in [2.75, 3.05) is 0 Å². The second-order valence-electron chi connectivity index (χ2n) is 3.31. The van der Waals surface area contributed by atoms with Crippen LogP contribution in [-0.4, -0.2) is 6.21 Å². The number of rotatable bonds is 1. The Labute approximate surface area is 98.5 Å². The number of hydrogen-bond acceptors (Lipinski definition) is 2. The Kier molecular flexibility index (Phi) is 4.54. The molecule has 0 aromatic heterocycles. The molecule has 17 heavy (non-hydrogen) atoms. The highest BCUT2D eigenvalue weighted by Gasteiger charge is 2.35. The first-order valence-corrected chi connectivity index (χ1v) is 5.52. The van der Waals surface area contributed by atoms with Gasteiger partial charge in [-0.15, -0.1) is 0 Å². The van der Waals surface area contributed by atoms with E-state index in [0.29, 0.717) is 6.42 Å². The molecule has 94 valence electrons. The van der Waals surface area contributed by atoms with E-state index in [1.165, 1.54) is 12.1 Å². The summed E-state index contributed by atoms with van der Waals surface area (Å²) >= 11 is 0. The van der Waals surface area contributed by atoms with Crippen molar-refractivity contribution in [2.24, 2.45) is 5.10 Å². The van der Waals surface area contributed by atoms with Gasteiger partial charge >= 0.3 is 6.18 Å². The molecule has 2 nitrogen and oxygen atoms in total. The van der Waals surface area contributed by atoms with E-state index in [1.54, 1.807) is 12.3 Å². The van der Waals surface area contributed by atoms with Crippen LogP contribution < -0.4 is 5.43 Å². The lowest BCUT2D eigenvalue weighted by Gasteiger charge is -2.16. The molecule has 0 saturated heterocycles. The summed E-state index contributed by atoms with van der Waals surface area (Å²) in [4.78, 5) is 0. The Balaban J connectivity index is 0.000000686. The fraction of sp³-hybridized carbons (Fsp3) is 0.417. The number of benzene rings is 1. The fourth-order valence-corrected chi connectivity index (χ4v) is 1.61. The molecule has 0 fully saturated rings. The normalized spacial score (nSPS) is 18.3. The van der Waals surface area contributed by atoms with Crippen molar-refractivity contribution in [3.63, 3.8) is 0 Å². The van der Waals surface area contributed by atoms with Crippen LogP contribution >= 0.6 is 0 Å². The molecule has 0 saturated carbocycles. The largest absolute Gasteiger partial charge is 0.416 e. The Morgan fingerprint density at radius 3 is 2.41 bits per heavy atom. The molecule has 1 aliphatic heterocycles. The lowest BCUT2D eigenvalue weighted by molar-refractivity contribution is -0.138. The molecule has 1 aliphatic rings. The minimum absolute atomic E-state index is 0.252. The quantitative estimate of drug-likeness (QED) is 0.799. The van der Waals surface area contributed by atoms with E-state index in [4.69, 9.17) is 0 Å². The highest BCUT2D eigenvalue weighted by molar-refractivity contribution is 5.61. The summed E-state index contributed by atoms with van der Waals surface area (Å²) in [5.74, 6) is 0. The molecule has 5 heteroatoms. The van der Waals surface area contributed by atoms with E-state index in [9.17, 15) is 13.2 Å². The second-order valence-corrected chi connectivity index (χ2v) is 3.31. The maximum Gasteiger partial charge on any atom is 0.416 e. The van der Waals surface area contributed by atoms with Gasteiger partial charge in [-0.25, -0.2) is 0 Å². The van der Waals surface area contributed by atoms with Gasteiger partial charge in [0.2, 0.25) is 0 Å². The lowest BCUT2D eigenvalue weighted by atomic mass is 9.99. The van der Waals surface area contributed by atoms with E-state index in [-0.39, 0.29) is 11.6 Å². The van der Waals surface area contributed by atoms with Crippen LogP contribution in [0.2, 0.25) is 0 Å². The first kappa shape index (κ1) is 13.5. The number of nitrogens with zero attached hydrogens (tertiary/aromatic N) is 1. The Morgan fingerprint density at radius 1 is 1.24 bits per heavy atom. The molecular weight excluding hydrogens is 229 g/mol. The van der Waals surface area contributed by atoms with Crippen LogP contribution in [-0.2, 0) is 6.18 Å². The van der Waals surface area contributed by atoms with E-state index in [2.05, 4.69) is 10.5 Å². The molecular formula is C12H15F3N2. The summed E-state index contributed by atoms with van der Waals surface area (Å²) in [5, 5.41) is 3.72. The summed E-state index contributed by atoms with van der Waals surface area (Å²) < 4.78 is 37.9. The van der Waals surface area contributed by atoms with E-state index < -0.39 is 11.7 Å². The number of nitrogens with one attached hydrogen (secondary N) is 1. The number of alkyl halides is 3. The van der Waals surface area contributed by atoms with Crippen molar-refractivity contribution in [1.82, 2.24) is 5.43 Å². The third-order valence-electron chi connectivity index (χ3n) is 2.30. The van der Waals surface area contributed by atoms with Crippen LogP contribution in [0.15, 0.2) is 29.4 Å². The van der Waals surface area contributed by atoms with Crippen molar-refractivity contribution in [3.8, 4) is 0 Å². The Bertz CT molecular complexity index is 378. The molecule has 0 radical (unpaired) electrons. The van der Waals surface area contributed by atoms with Gasteiger partial charge in [0.15, 0.2) is 0 Å². The summed E-state index contributed by atoms with van der Waals surface area (Å²) in [6, 6.07) is 5.21. The summed E-state index contributed by atoms with van der Waals surface area (Å²) in [7, 11) is 0. The molecule has 0 aliphatic carbocycles. The van der Waals surface area contributed by atoms with Crippen molar-refractivity contribution in [3.05, 3.63) is 35.4 Å². The van der Waals surface area contributed by atoms with Crippen LogP contribution in [0.25, 0.3) is 0 Å². The van der Waals surface area contributed by atoms with Gasteiger partial charge in [0, 0.05) is 12.6 Å². The maximum absolute atomic E-state index is 12.6. The molecule has 0 spiro atoms. The first-order valence-electron chi connectivity index (χ1n) is 5.52. The molecule has 0 amide bonds. The average Bonchev–Trinajstić information content (AvgIpc) is 2.84. The smallest absolute Gasteiger partial charge is 0.303 e. The predicted octanol–water partition coefficient (Wildman–Crippen LogP) is 3.75. The number of hydrogen-bond donors (Lipinski definition) is 1. The standard InChI is InChI=1S/C10H9F3N2.C2H6/c11-10(12,13)8-4-2-1-3-7(8)9-5-6-14-15-9;1-2/h1-4,6,9,15H,5H2;1-2H3. The van der Waals surface area contributed by atoms with Crippen LogP contribution in [0.4, 0.5) is 13.2 Å². The van der Waals surface area contributed by atoms with Crippen LogP contribution in [0, 0.1) is 0 Å². The maximum atomic E-state index is 12.6. The number of hydrazone groups is 1. The van der Waals surface area contributed by atoms with Crippen LogP contribution in [0.3, 0.4) is 0 Å². The van der Waals surface area contributed by atoms with Gasteiger partial charge in [-0.1, -0.05) is 32.0 Å². The van der Waals surface area contributed by atoms with Crippen LogP contribution in [0.5, 0.6) is 0 Å². The topological polar surface area (TPSA) is 24.4 Å². The van der Waals surface area contributed by atoms with Gasteiger partial charge in [0.25, 0.3) is 0 Å². The molecule has 1 aromatic rings. The third-order valence-corrected chi connectivity index (χ3v) is 2.30. The highest BCUT2D eigenvalue weighted by Crippen LogP contribution is 2.35. The predicted molar refractivity (Wildman–Crippen MR) is 61.8 cm³/mol. The van der Waals surface area contributed by atoms with E-state index in [0.717, 1.165) is 6.07 Å². The van der Waals surface area contributed by atoms with Gasteiger partial charge in [-0.3, -0.25) is 0 Å². The molecule has 1 unspecified atom stereocenters. The molecule has 0 bridgehead atoms. The van der Waals surface area contributed by atoms with E-state index in [1.807, 2.05) is 13.8 Å². The Hall–Kier alpha value is -1.52. The minimum atomic E-state index is -4.30. The lowest BCUT2D eigenvalue weighted by Crippen LogP contribution is -2.16. The minimum Gasteiger partial charge on any atom is -0.303 e. The fourth-order valence-electron chi connectivity index (χ4n) is 1.61. The van der Waals surface area contributed by atoms with Crippen molar-refractivity contribution in [2.45, 2.75) is 32.5 Å². The summed E-state index contributed by atoms with van der Waals surface area (Å²) in [5.41, 5.74) is 2.32. The zero-order valence-corrected chi connectivity index (χ0v) is 9.75. The second kappa shape index (κ2) is 5.70. The first-order chi connectivity index (χ1) is 8.09. The van der Waals surface area contributed by atoms with E-state index >= 15 is 0 Å². The van der Waals surface area contributed by atoms with Crippen molar-refractivity contribution >= 4 is 6.21 Å². The van der Waals surface area contributed by atoms with Gasteiger partial charge in [0.05, 0.1) is 11.6 Å². The third kappa shape index (κ3) is 3.22. The van der Waals surface area contributed by atoms with Crippen LogP contribution in [0.1, 0.15) is 37.4 Å². The molecule has 1 atom stereocenters. The molecule has 1 N–H and O–H groups in total. The van der Waals surface area contributed by atoms with Gasteiger partial charge in [0.1, 0.15) is 0 Å². The number of halogens is 3. The van der Waals surface area contributed by atoms with Crippen molar-refractivity contribution in [1.29, 1.82) is 0 Å². The molecule has 1 aromatic carbocycles. The monoisotopic (exact) mass is 244 g/mol. The molecule has 2 rings (SSSR count). The summed E-state index contributed by atoms with van der Waals surface area (Å²) in [6.07, 6.45) is -2.23. The van der Waals surface area contributed by atoms with Gasteiger partial charge < -0.3 is 5.43 Å². The van der Waals surface area contributed by atoms with Gasteiger partial charge in [-0.2, -0.15) is 18.3 Å². The van der Waals surface area contributed by atoms with Gasteiger partial charge in [-0.05, 0) is 11.6 Å². The SMILES string of the molecule is CC.FC(F)(F)c1ccccc1C1CC=NN1. The zero-order chi connectivity index (χ0) is 12.9. The van der Waals surface area contributed by atoms with Crippen molar-refractivity contribution < 1.29 is 13.2 Å². The average molecular weight is 244 g/mol. The molecule has 1 heterocycles.